The van der Waals surface area contributed by atoms with Crippen LogP contribution in [0.15, 0.2) is 0 Å². The van der Waals surface area contributed by atoms with Crippen LogP contribution in [0.5, 0.6) is 0 Å². The van der Waals surface area contributed by atoms with E-state index < -0.39 is 50.4 Å². The van der Waals surface area contributed by atoms with Crippen molar-refractivity contribution in [2.45, 2.75) is 32.6 Å². The smallest absolute Gasteiger partial charge is 0.307 e. The lowest BCUT2D eigenvalue weighted by molar-refractivity contribution is -0.873. The van der Waals surface area contributed by atoms with E-state index in [1.807, 2.05) is 0 Å². The maximum atomic E-state index is 12.3. The average molecular weight is 291 g/mol. The first kappa shape index (κ1) is 7.70. The molecule has 0 fully saturated rings. The zero-order chi connectivity index (χ0) is 21.4. The van der Waals surface area contributed by atoms with Crippen LogP contribution in [-0.2, 0) is 14.3 Å². The summed E-state index contributed by atoms with van der Waals surface area (Å²) in [6.07, 6.45) is -5.78. The van der Waals surface area contributed by atoms with Crippen molar-refractivity contribution in [3.63, 3.8) is 0 Å². The van der Waals surface area contributed by atoms with Gasteiger partial charge in [-0.3, -0.25) is 9.59 Å². The number of carbonyl (C=O) groups is 2. The van der Waals surface area contributed by atoms with E-state index in [0.717, 1.165) is 0 Å². The number of nitrogens with zero attached hydrogens (tertiary/aromatic N) is 1. The molecule has 18 heavy (non-hydrogen) atoms. The van der Waals surface area contributed by atoms with Crippen LogP contribution in [0.3, 0.4) is 0 Å². The third kappa shape index (κ3) is 11.7. The molecular formula is C12H24ClNO4. The first-order valence-electron chi connectivity index (χ1n) is 9.40. The number of esters is 1. The molecule has 0 spiro atoms. The summed E-state index contributed by atoms with van der Waals surface area (Å²) in [4.78, 5) is 23.2. The number of ether oxygens (including phenoxy) is 1. The molecule has 0 aliphatic rings. The summed E-state index contributed by atoms with van der Waals surface area (Å²) in [5.74, 6) is -7.05. The lowest BCUT2D eigenvalue weighted by Crippen LogP contribution is -3.00. The van der Waals surface area contributed by atoms with Crippen molar-refractivity contribution in [1.82, 2.24) is 0 Å². The average Bonchev–Trinajstić information content (AvgIpc) is 2.31. The monoisotopic (exact) mass is 290 g/mol. The van der Waals surface area contributed by atoms with Gasteiger partial charge in [-0.05, 0) is 5.89 Å². The fraction of sp³-hybridized carbons (Fsp3) is 0.833. The molecule has 5 nitrogen and oxygen atoms in total. The number of carboxylic acid groups (broad SMARTS) is 1. The molecule has 0 bridgehead atoms. The van der Waals surface area contributed by atoms with Crippen molar-refractivity contribution in [1.29, 1.82) is 0 Å². The lowest BCUT2D eigenvalue weighted by Gasteiger charge is -2.28. The zero-order valence-corrected chi connectivity index (χ0v) is 11.2. The van der Waals surface area contributed by atoms with E-state index in [0.29, 0.717) is 0 Å². The molecule has 0 heterocycles. The van der Waals surface area contributed by atoms with Gasteiger partial charge in [0.1, 0.15) is 6.54 Å². The van der Waals surface area contributed by atoms with E-state index in [9.17, 15) is 9.59 Å². The predicted octanol–water partition coefficient (Wildman–Crippen LogP) is -1.87. The van der Waals surface area contributed by atoms with Gasteiger partial charge in [-0.15, -0.1) is 0 Å². The van der Waals surface area contributed by atoms with Gasteiger partial charge in [0, 0.05) is 18.7 Å². The molecule has 0 radical (unpaired) electrons. The van der Waals surface area contributed by atoms with Crippen molar-refractivity contribution in [2.24, 2.45) is 5.89 Å². The number of halogens is 1. The topological polar surface area (TPSA) is 63.6 Å². The Morgan fingerprint density at radius 2 is 2.00 bits per heavy atom. The van der Waals surface area contributed by atoms with Crippen molar-refractivity contribution < 1.29 is 48.7 Å². The van der Waals surface area contributed by atoms with E-state index in [2.05, 4.69) is 0 Å². The summed E-state index contributed by atoms with van der Waals surface area (Å²) in [7, 11) is 4.95. The Bertz CT molecular complexity index is 528. The van der Waals surface area contributed by atoms with Gasteiger partial charge in [0.05, 0.1) is 27.6 Å². The van der Waals surface area contributed by atoms with Gasteiger partial charge in [-0.25, -0.2) is 0 Å². The van der Waals surface area contributed by atoms with Crippen LogP contribution in [0, 0.1) is 5.89 Å². The van der Waals surface area contributed by atoms with Crippen molar-refractivity contribution in [3.8, 4) is 0 Å². The predicted molar refractivity (Wildman–Crippen MR) is 64.5 cm³/mol. The number of aliphatic carboxylic acids is 1. The molecule has 0 amide bonds. The fourth-order valence-electron chi connectivity index (χ4n) is 1.23. The van der Waals surface area contributed by atoms with Gasteiger partial charge in [0.15, 0.2) is 6.10 Å². The molecule has 6 heteroatoms. The van der Waals surface area contributed by atoms with Crippen LogP contribution in [0.1, 0.15) is 38.8 Å². The van der Waals surface area contributed by atoms with Gasteiger partial charge in [-0.1, -0.05) is 13.7 Å². The van der Waals surface area contributed by atoms with Crippen LogP contribution in [0.25, 0.3) is 0 Å². The SMILES string of the molecule is [2H]C([2H])([2H])C([2H])(C([2H])([2H])[2H])C([2H])([2H])C(=O)O[C@H](CC(=O)O)C[N+](C)(C)C.[Cl-]. The van der Waals surface area contributed by atoms with Gasteiger partial charge in [-0.2, -0.15) is 0 Å². The quantitative estimate of drug-likeness (QED) is 0.441. The van der Waals surface area contributed by atoms with Crippen molar-refractivity contribution in [2.75, 3.05) is 27.7 Å². The molecule has 108 valence electrons. The highest BCUT2D eigenvalue weighted by molar-refractivity contribution is 5.71. The summed E-state index contributed by atoms with van der Waals surface area (Å²) < 4.78 is 71.8. The number of quaternary nitrogens is 1. The highest BCUT2D eigenvalue weighted by atomic mass is 35.5. The zero-order valence-electron chi connectivity index (χ0n) is 19.5. The first-order chi connectivity index (χ1) is 11.2. The van der Waals surface area contributed by atoms with Crippen LogP contribution in [0.4, 0.5) is 0 Å². The third-order valence-electron chi connectivity index (χ3n) is 1.65. The third-order valence-corrected chi connectivity index (χ3v) is 1.65. The fourth-order valence-corrected chi connectivity index (χ4v) is 1.23. The van der Waals surface area contributed by atoms with E-state index in [1.165, 1.54) is 0 Å². The summed E-state index contributed by atoms with van der Waals surface area (Å²) in [6.45, 7) is -7.41. The molecule has 0 saturated heterocycles. The largest absolute Gasteiger partial charge is 1.00 e. The van der Waals surface area contributed by atoms with Crippen molar-refractivity contribution >= 4 is 11.9 Å². The van der Waals surface area contributed by atoms with E-state index in [-0.39, 0.29) is 23.4 Å². The molecule has 0 aliphatic heterocycles. The molecule has 1 N–H and O–H groups in total. The van der Waals surface area contributed by atoms with Gasteiger partial charge in [0.25, 0.3) is 0 Å². The van der Waals surface area contributed by atoms with Crippen LogP contribution >= 0.6 is 0 Å². The van der Waals surface area contributed by atoms with Gasteiger partial charge in [0.2, 0.25) is 0 Å². The van der Waals surface area contributed by atoms with Gasteiger partial charge < -0.3 is 26.7 Å². The minimum Gasteiger partial charge on any atom is -1.00 e. The highest BCUT2D eigenvalue weighted by Gasteiger charge is 2.24. The summed E-state index contributed by atoms with van der Waals surface area (Å²) in [5, 5.41) is 8.91. The minimum absolute atomic E-state index is 0. The maximum Gasteiger partial charge on any atom is 0.307 e. The van der Waals surface area contributed by atoms with Gasteiger partial charge >= 0.3 is 11.9 Å². The van der Waals surface area contributed by atoms with E-state index >= 15 is 0 Å². The Hall–Kier alpha value is -0.810. The summed E-state index contributed by atoms with van der Waals surface area (Å²) in [5.41, 5.74) is 0. The number of carbonyl (C=O) groups excluding carboxylic acids is 1. The van der Waals surface area contributed by atoms with E-state index in [4.69, 9.17) is 22.2 Å². The number of carboxylic acids is 1. The van der Waals surface area contributed by atoms with Crippen LogP contribution in [0.2, 0.25) is 0 Å². The Labute approximate surface area is 128 Å². The number of rotatable bonds is 7. The van der Waals surface area contributed by atoms with Crippen LogP contribution < -0.4 is 12.4 Å². The second kappa shape index (κ2) is 8.32. The number of hydrogen-bond acceptors (Lipinski definition) is 3. The second-order valence-electron chi connectivity index (χ2n) is 4.60. The van der Waals surface area contributed by atoms with E-state index in [1.54, 1.807) is 21.1 Å². The molecule has 1 atom stereocenters. The Balaban J connectivity index is 0. The summed E-state index contributed by atoms with van der Waals surface area (Å²) in [6, 6.07) is 0. The Morgan fingerprint density at radius 3 is 2.39 bits per heavy atom. The highest BCUT2D eigenvalue weighted by Crippen LogP contribution is 2.09. The molecule has 0 aromatic rings. The normalized spacial score (nSPS) is 22.9. The summed E-state index contributed by atoms with van der Waals surface area (Å²) >= 11 is 0. The Kier molecular flexibility index (Phi) is 3.56. The molecule has 0 saturated carbocycles. The Morgan fingerprint density at radius 1 is 1.44 bits per heavy atom. The molecule has 0 rings (SSSR count). The molecule has 0 aromatic heterocycles. The van der Waals surface area contributed by atoms with Crippen LogP contribution in [-0.4, -0.2) is 55.3 Å². The number of likely N-dealkylation sites (N-methyl/N-ethyl adjacent to an activating group) is 1. The standard InChI is InChI=1S/C12H23NO4.ClH/c1-9(2)6-12(16)17-10(7-11(14)15)8-13(3,4)5;/h9-10H,6-8H2,1-5H3;1H/t10-;/m1./s1/i1D3,2D3,6D2,9D;. The molecule has 0 unspecified atom stereocenters. The molecule has 0 aliphatic carbocycles. The number of hydrogen-bond donors (Lipinski definition) is 1. The van der Waals surface area contributed by atoms with Crippen molar-refractivity contribution in [3.05, 3.63) is 0 Å². The minimum atomic E-state index is -3.80. The maximum absolute atomic E-state index is 12.3. The molecule has 0 aromatic carbocycles. The molecular weight excluding hydrogens is 258 g/mol. The first-order valence-corrected chi connectivity index (χ1v) is 4.90. The lowest BCUT2D eigenvalue weighted by atomic mass is 10.1. The second-order valence-corrected chi connectivity index (χ2v) is 4.60.